The van der Waals surface area contributed by atoms with E-state index < -0.39 is 14.4 Å². The van der Waals surface area contributed by atoms with Gasteiger partial charge in [-0.05, 0) is 79.4 Å². The van der Waals surface area contributed by atoms with Crippen molar-refractivity contribution >= 4 is 25.8 Å². The summed E-state index contributed by atoms with van der Waals surface area (Å²) in [6.45, 7) is 12.5. The molecule has 1 aliphatic heterocycles. The molecule has 0 bridgehead atoms. The van der Waals surface area contributed by atoms with Crippen LogP contribution in [0.3, 0.4) is 0 Å². The number of rotatable bonds is 9. The van der Waals surface area contributed by atoms with E-state index >= 15 is 0 Å². The van der Waals surface area contributed by atoms with Gasteiger partial charge >= 0.3 is 6.09 Å². The maximum Gasteiger partial charge on any atom is 0.407 e. The second-order valence-electron chi connectivity index (χ2n) is 11.9. The van der Waals surface area contributed by atoms with E-state index in [2.05, 4.69) is 45.3 Å². The molecule has 9 heteroatoms. The van der Waals surface area contributed by atoms with E-state index in [1.165, 1.54) is 4.90 Å². The summed E-state index contributed by atoms with van der Waals surface area (Å²) in [5.41, 5.74) is 5.56. The number of fused-ring (bicyclic) bond motifs is 1. The number of ether oxygens (including phenoxy) is 1. The fourth-order valence-electron chi connectivity index (χ4n) is 4.67. The predicted molar refractivity (Wildman–Crippen MR) is 160 cm³/mol. The van der Waals surface area contributed by atoms with Gasteiger partial charge in [-0.1, -0.05) is 32.9 Å². The number of nitriles is 1. The van der Waals surface area contributed by atoms with Gasteiger partial charge in [0.05, 0.1) is 12.3 Å². The number of nitrogens with one attached hydrogen (secondary N) is 1. The minimum absolute atomic E-state index is 0.127. The van der Waals surface area contributed by atoms with E-state index in [0.717, 1.165) is 52.5 Å². The van der Waals surface area contributed by atoms with Crippen LogP contribution in [0, 0.1) is 11.3 Å². The first-order valence-electron chi connectivity index (χ1n) is 13.8. The van der Waals surface area contributed by atoms with Gasteiger partial charge in [-0.3, -0.25) is 0 Å². The third-order valence-corrected chi connectivity index (χ3v) is 12.5. The van der Waals surface area contributed by atoms with Crippen LogP contribution in [-0.2, 0) is 26.4 Å². The van der Waals surface area contributed by atoms with Crippen LogP contribution < -0.4 is 14.5 Å². The van der Waals surface area contributed by atoms with Crippen LogP contribution in [-0.4, -0.2) is 42.1 Å². The van der Waals surface area contributed by atoms with Crippen molar-refractivity contribution < 1.29 is 19.1 Å². The van der Waals surface area contributed by atoms with Gasteiger partial charge in [0, 0.05) is 37.1 Å². The Morgan fingerprint density at radius 3 is 2.55 bits per heavy atom. The molecule has 8 nitrogen and oxygen atoms in total. The molecule has 1 amide bonds. The summed E-state index contributed by atoms with van der Waals surface area (Å²) in [5.74, 6) is 1.70. The highest BCUT2D eigenvalue weighted by Crippen LogP contribution is 2.38. The molecule has 212 valence electrons. The first kappa shape index (κ1) is 29.1. The lowest BCUT2D eigenvalue weighted by Crippen LogP contribution is -2.43. The highest BCUT2D eigenvalue weighted by Gasteiger charge is 2.38. The molecule has 0 fully saturated rings. The number of carbonyl (C=O) groups is 1. The number of aromatic nitrogens is 1. The predicted octanol–water partition coefficient (Wildman–Crippen LogP) is 7.07. The lowest BCUT2D eigenvalue weighted by Gasteiger charge is -2.36. The standard InChI is InChI=1S/C31H40N4O4Si/c1-31(2,3)40(5,6)39-25-14-12-23(13-15-25)33-27-19-24(20-32)34(4)28(27)10-8-18-38-29-11-7-9-22-21-35(30(36)37)17-16-26(22)29/h7,9,11-15,19,33H,8,10,16-18,21H2,1-6H3,(H,36,37). The number of anilines is 2. The summed E-state index contributed by atoms with van der Waals surface area (Å²) in [7, 11) is 0.00269. The van der Waals surface area contributed by atoms with Gasteiger partial charge < -0.3 is 29.1 Å². The second-order valence-corrected chi connectivity index (χ2v) is 16.6. The zero-order chi connectivity index (χ0) is 29.1. The molecule has 1 aliphatic rings. The quantitative estimate of drug-likeness (QED) is 0.214. The Bertz CT molecular complexity index is 1400. The molecule has 0 radical (unpaired) electrons. The zero-order valence-electron chi connectivity index (χ0n) is 24.4. The Morgan fingerprint density at radius 2 is 1.90 bits per heavy atom. The minimum atomic E-state index is -1.91. The Labute approximate surface area is 238 Å². The van der Waals surface area contributed by atoms with Gasteiger partial charge in [0.2, 0.25) is 8.32 Å². The average molecular weight is 561 g/mol. The minimum Gasteiger partial charge on any atom is -0.544 e. The summed E-state index contributed by atoms with van der Waals surface area (Å²) in [4.78, 5) is 12.8. The van der Waals surface area contributed by atoms with Crippen LogP contribution in [0.25, 0.3) is 0 Å². The summed E-state index contributed by atoms with van der Waals surface area (Å²) in [6.07, 6.45) is 1.25. The van der Waals surface area contributed by atoms with E-state index in [1.807, 2.05) is 60.1 Å². The number of hydrogen-bond acceptors (Lipinski definition) is 5. The van der Waals surface area contributed by atoms with Gasteiger partial charge in [-0.25, -0.2) is 4.79 Å². The number of carboxylic acid groups (broad SMARTS) is 1. The van der Waals surface area contributed by atoms with Crippen molar-refractivity contribution in [3.05, 3.63) is 71.0 Å². The summed E-state index contributed by atoms with van der Waals surface area (Å²) in [6, 6.07) is 18.0. The summed E-state index contributed by atoms with van der Waals surface area (Å²) < 4.78 is 14.5. The largest absolute Gasteiger partial charge is 0.544 e. The maximum absolute atomic E-state index is 11.3. The number of benzene rings is 2. The van der Waals surface area contributed by atoms with Crippen molar-refractivity contribution in [2.75, 3.05) is 18.5 Å². The molecule has 2 N–H and O–H groups in total. The van der Waals surface area contributed by atoms with E-state index in [1.54, 1.807) is 0 Å². The highest BCUT2D eigenvalue weighted by atomic mass is 28.4. The van der Waals surface area contributed by atoms with Crippen LogP contribution in [0.2, 0.25) is 18.1 Å². The van der Waals surface area contributed by atoms with Crippen LogP contribution in [0.4, 0.5) is 16.2 Å². The molecular formula is C31H40N4O4Si. The van der Waals surface area contributed by atoms with Crippen molar-refractivity contribution in [3.8, 4) is 17.6 Å². The summed E-state index contributed by atoms with van der Waals surface area (Å²) >= 11 is 0. The zero-order valence-corrected chi connectivity index (χ0v) is 25.4. The third-order valence-electron chi connectivity index (χ3n) is 8.09. The van der Waals surface area contributed by atoms with Gasteiger partial charge in [0.25, 0.3) is 0 Å². The molecule has 0 saturated carbocycles. The molecule has 40 heavy (non-hydrogen) atoms. The third kappa shape index (κ3) is 6.45. The van der Waals surface area contributed by atoms with E-state index in [4.69, 9.17) is 9.16 Å². The van der Waals surface area contributed by atoms with Gasteiger partial charge in [0.1, 0.15) is 23.3 Å². The van der Waals surface area contributed by atoms with E-state index in [0.29, 0.717) is 31.8 Å². The van der Waals surface area contributed by atoms with Crippen LogP contribution in [0.1, 0.15) is 49.7 Å². The smallest absolute Gasteiger partial charge is 0.407 e. The van der Waals surface area contributed by atoms with Crippen molar-refractivity contribution in [2.45, 2.75) is 64.7 Å². The van der Waals surface area contributed by atoms with Gasteiger partial charge in [-0.2, -0.15) is 5.26 Å². The normalized spacial score (nSPS) is 13.4. The fraction of sp³-hybridized carbons (Fsp3) is 0.419. The molecular weight excluding hydrogens is 520 g/mol. The molecule has 0 atom stereocenters. The van der Waals surface area contributed by atoms with Crippen LogP contribution >= 0.6 is 0 Å². The Hall–Kier alpha value is -3.90. The van der Waals surface area contributed by atoms with Crippen LogP contribution in [0.15, 0.2) is 48.5 Å². The van der Waals surface area contributed by atoms with Crippen LogP contribution in [0.5, 0.6) is 11.5 Å². The molecule has 2 aromatic carbocycles. The Balaban J connectivity index is 1.40. The molecule has 4 rings (SSSR count). The average Bonchev–Trinajstić information content (AvgIpc) is 3.20. The van der Waals surface area contributed by atoms with Gasteiger partial charge in [0.15, 0.2) is 0 Å². The molecule has 3 aromatic rings. The molecule has 0 aliphatic carbocycles. The second kappa shape index (κ2) is 11.7. The molecule has 0 spiro atoms. The molecule has 2 heterocycles. The lowest BCUT2D eigenvalue weighted by molar-refractivity contribution is 0.139. The SMILES string of the molecule is Cn1c(C#N)cc(Nc2ccc(O[Si](C)(C)C(C)(C)C)cc2)c1CCCOc1cccc2c1CCN(C(=O)O)C2. The summed E-state index contributed by atoms with van der Waals surface area (Å²) in [5, 5.41) is 22.6. The number of amides is 1. The fourth-order valence-corrected chi connectivity index (χ4v) is 5.70. The molecule has 0 unspecified atom stereocenters. The van der Waals surface area contributed by atoms with Crippen molar-refractivity contribution in [1.29, 1.82) is 5.26 Å². The first-order chi connectivity index (χ1) is 18.9. The van der Waals surface area contributed by atoms with Crippen molar-refractivity contribution in [1.82, 2.24) is 9.47 Å². The monoisotopic (exact) mass is 560 g/mol. The van der Waals surface area contributed by atoms with Crippen molar-refractivity contribution in [2.24, 2.45) is 7.05 Å². The molecule has 0 saturated heterocycles. The Kier molecular flexibility index (Phi) is 8.50. The number of hydrogen-bond donors (Lipinski definition) is 2. The van der Waals surface area contributed by atoms with Crippen molar-refractivity contribution in [3.63, 3.8) is 0 Å². The topological polar surface area (TPSA) is 99.8 Å². The van der Waals surface area contributed by atoms with E-state index in [-0.39, 0.29) is 5.04 Å². The Morgan fingerprint density at radius 1 is 1.18 bits per heavy atom. The lowest BCUT2D eigenvalue weighted by atomic mass is 9.99. The first-order valence-corrected chi connectivity index (χ1v) is 16.7. The highest BCUT2D eigenvalue weighted by molar-refractivity contribution is 6.74. The van der Waals surface area contributed by atoms with E-state index in [9.17, 15) is 15.2 Å². The number of nitrogens with zero attached hydrogens (tertiary/aromatic N) is 3. The molecule has 1 aromatic heterocycles. The maximum atomic E-state index is 11.3. The van der Waals surface area contributed by atoms with Gasteiger partial charge in [-0.15, -0.1) is 0 Å².